The fraction of sp³-hybridized carbons (Fsp3) is 0.722. The molecule has 0 aromatic heterocycles. The van der Waals surface area contributed by atoms with Gasteiger partial charge in [-0.2, -0.15) is 12.6 Å². The van der Waals surface area contributed by atoms with Gasteiger partial charge in [0.15, 0.2) is 0 Å². The van der Waals surface area contributed by atoms with Crippen molar-refractivity contribution in [2.75, 3.05) is 12.3 Å². The van der Waals surface area contributed by atoms with Crippen molar-refractivity contribution in [1.29, 1.82) is 0 Å². The van der Waals surface area contributed by atoms with E-state index in [0.717, 1.165) is 0 Å². The molecule has 170 valence electrons. The summed E-state index contributed by atoms with van der Waals surface area (Å²) in [4.78, 5) is 61.6. The van der Waals surface area contributed by atoms with Crippen molar-refractivity contribution in [2.45, 2.75) is 63.7 Å². The van der Waals surface area contributed by atoms with Gasteiger partial charge in [-0.15, -0.1) is 0 Å². The topological polar surface area (TPSA) is 185 Å². The summed E-state index contributed by atoms with van der Waals surface area (Å²) in [6, 6.07) is -4.14. The highest BCUT2D eigenvalue weighted by Crippen LogP contribution is 2.21. The first-order valence-electron chi connectivity index (χ1n) is 9.76. The Labute approximate surface area is 180 Å². The van der Waals surface area contributed by atoms with Crippen LogP contribution < -0.4 is 22.1 Å². The van der Waals surface area contributed by atoms with E-state index in [0.29, 0.717) is 19.3 Å². The summed E-state index contributed by atoms with van der Waals surface area (Å²) in [5.41, 5.74) is 10.7. The Kier molecular flexibility index (Phi) is 10.1. The molecule has 4 atom stereocenters. The van der Waals surface area contributed by atoms with Crippen molar-refractivity contribution >= 4 is 42.2 Å². The Hall–Kier alpha value is -2.34. The number of carbonyl (C=O) groups is 5. The fourth-order valence-corrected chi connectivity index (χ4v) is 3.39. The summed E-state index contributed by atoms with van der Waals surface area (Å²) in [5.74, 6) is -3.73. The van der Waals surface area contributed by atoms with Crippen LogP contribution in [0.15, 0.2) is 0 Å². The molecule has 0 aromatic rings. The van der Waals surface area contributed by atoms with Gasteiger partial charge in [0.2, 0.25) is 23.6 Å². The Morgan fingerprint density at radius 3 is 2.30 bits per heavy atom. The molecule has 1 aliphatic heterocycles. The molecule has 30 heavy (non-hydrogen) atoms. The van der Waals surface area contributed by atoms with E-state index in [9.17, 15) is 29.1 Å². The van der Waals surface area contributed by atoms with Gasteiger partial charge < -0.3 is 32.1 Å². The molecule has 1 fully saturated rings. The minimum Gasteiger partial charge on any atom is -0.480 e. The van der Waals surface area contributed by atoms with Gasteiger partial charge in [0.25, 0.3) is 0 Å². The molecule has 12 heteroatoms. The van der Waals surface area contributed by atoms with Crippen molar-refractivity contribution in [1.82, 2.24) is 15.5 Å². The van der Waals surface area contributed by atoms with E-state index in [2.05, 4.69) is 23.3 Å². The highest BCUT2D eigenvalue weighted by Gasteiger charge is 2.39. The lowest BCUT2D eigenvalue weighted by molar-refractivity contribution is -0.146. The molecule has 7 N–H and O–H groups in total. The molecule has 4 amide bonds. The van der Waals surface area contributed by atoms with E-state index in [-0.39, 0.29) is 18.2 Å². The molecule has 0 spiro atoms. The van der Waals surface area contributed by atoms with Crippen LogP contribution in [-0.2, 0) is 24.0 Å². The van der Waals surface area contributed by atoms with Gasteiger partial charge in [0.1, 0.15) is 18.1 Å². The number of aliphatic carboxylic acids is 1. The van der Waals surface area contributed by atoms with Crippen LogP contribution >= 0.6 is 12.6 Å². The number of hydrogen-bond donors (Lipinski definition) is 6. The zero-order valence-corrected chi connectivity index (χ0v) is 18.1. The number of thiol groups is 1. The van der Waals surface area contributed by atoms with E-state index in [4.69, 9.17) is 11.5 Å². The third-order valence-corrected chi connectivity index (χ3v) is 5.11. The van der Waals surface area contributed by atoms with Crippen molar-refractivity contribution in [2.24, 2.45) is 17.4 Å². The van der Waals surface area contributed by atoms with E-state index < -0.39 is 60.2 Å². The predicted octanol–water partition coefficient (Wildman–Crippen LogP) is -1.79. The first kappa shape index (κ1) is 25.7. The lowest BCUT2D eigenvalue weighted by atomic mass is 10.0. The molecule has 1 heterocycles. The molecular weight excluding hydrogens is 414 g/mol. The Morgan fingerprint density at radius 1 is 1.17 bits per heavy atom. The second-order valence-electron chi connectivity index (χ2n) is 7.74. The van der Waals surface area contributed by atoms with Gasteiger partial charge >= 0.3 is 5.97 Å². The maximum Gasteiger partial charge on any atom is 0.326 e. The number of nitrogens with one attached hydrogen (secondary N) is 2. The molecule has 0 aliphatic carbocycles. The molecule has 1 rings (SSSR count). The molecule has 1 saturated heterocycles. The second kappa shape index (κ2) is 11.7. The summed E-state index contributed by atoms with van der Waals surface area (Å²) in [6.07, 6.45) is 0.651. The van der Waals surface area contributed by atoms with Crippen molar-refractivity contribution < 1.29 is 29.1 Å². The van der Waals surface area contributed by atoms with Gasteiger partial charge in [0, 0.05) is 12.3 Å². The number of likely N-dealkylation sites (tertiary alicyclic amines) is 1. The van der Waals surface area contributed by atoms with E-state index >= 15 is 0 Å². The minimum absolute atomic E-state index is 0.0771. The third kappa shape index (κ3) is 7.48. The third-order valence-electron chi connectivity index (χ3n) is 4.71. The average molecular weight is 446 g/mol. The number of amides is 4. The van der Waals surface area contributed by atoms with Crippen molar-refractivity contribution in [3.63, 3.8) is 0 Å². The van der Waals surface area contributed by atoms with Gasteiger partial charge in [-0.25, -0.2) is 4.79 Å². The smallest absolute Gasteiger partial charge is 0.326 e. The minimum atomic E-state index is -1.48. The van der Waals surface area contributed by atoms with Gasteiger partial charge in [0.05, 0.1) is 12.5 Å². The monoisotopic (exact) mass is 445 g/mol. The lowest BCUT2D eigenvalue weighted by Gasteiger charge is -2.30. The number of nitrogens with two attached hydrogens (primary N) is 2. The summed E-state index contributed by atoms with van der Waals surface area (Å²) in [6.45, 7) is 4.06. The summed E-state index contributed by atoms with van der Waals surface area (Å²) in [5, 5.41) is 14.1. The predicted molar refractivity (Wildman–Crippen MR) is 111 cm³/mol. The molecular formula is C18H31N5O6S. The highest BCUT2D eigenvalue weighted by molar-refractivity contribution is 7.80. The first-order chi connectivity index (χ1) is 14.0. The zero-order chi connectivity index (χ0) is 23.0. The molecule has 0 bridgehead atoms. The quantitative estimate of drug-likeness (QED) is 0.203. The van der Waals surface area contributed by atoms with Crippen LogP contribution in [0.1, 0.15) is 39.5 Å². The van der Waals surface area contributed by atoms with E-state index in [1.807, 2.05) is 13.8 Å². The van der Waals surface area contributed by atoms with Crippen LogP contribution in [0.25, 0.3) is 0 Å². The maximum atomic E-state index is 13.1. The Balaban J connectivity index is 2.95. The average Bonchev–Trinajstić information content (AvgIpc) is 3.14. The molecule has 0 radical (unpaired) electrons. The lowest BCUT2D eigenvalue weighted by Crippen LogP contribution is -2.57. The largest absolute Gasteiger partial charge is 0.480 e. The van der Waals surface area contributed by atoms with Gasteiger partial charge in [-0.3, -0.25) is 19.2 Å². The van der Waals surface area contributed by atoms with Crippen molar-refractivity contribution in [3.05, 3.63) is 0 Å². The van der Waals surface area contributed by atoms with Crippen LogP contribution in [0.3, 0.4) is 0 Å². The van der Waals surface area contributed by atoms with E-state index in [1.165, 1.54) is 4.90 Å². The fourth-order valence-electron chi connectivity index (χ4n) is 3.23. The number of primary amides is 1. The van der Waals surface area contributed by atoms with Crippen LogP contribution in [0.2, 0.25) is 0 Å². The standard InChI is InChI=1S/C18H31N5O6S/c1-9(2)6-11(21-15(25)10(19)8-30)17(27)23-5-3-4-13(23)16(26)22-12(18(28)29)7-14(20)24/h9-13,30H,3-8,19H2,1-2H3,(H2,20,24)(H,21,25)(H,22,26)(H,28,29). The summed E-state index contributed by atoms with van der Waals surface area (Å²) < 4.78 is 0. The Bertz CT molecular complexity index is 673. The van der Waals surface area contributed by atoms with Crippen LogP contribution in [0, 0.1) is 5.92 Å². The van der Waals surface area contributed by atoms with Crippen LogP contribution in [0.4, 0.5) is 0 Å². The first-order valence-corrected chi connectivity index (χ1v) is 10.4. The zero-order valence-electron chi connectivity index (χ0n) is 17.2. The number of rotatable bonds is 11. The number of carboxylic acid groups (broad SMARTS) is 1. The van der Waals surface area contributed by atoms with Crippen LogP contribution in [-0.4, -0.2) is 76.1 Å². The normalized spacial score (nSPS) is 19.1. The molecule has 0 aromatic carbocycles. The maximum absolute atomic E-state index is 13.1. The molecule has 0 saturated carbocycles. The molecule has 1 aliphatic rings. The van der Waals surface area contributed by atoms with E-state index in [1.54, 1.807) is 0 Å². The molecule has 11 nitrogen and oxygen atoms in total. The molecule has 4 unspecified atom stereocenters. The van der Waals surface area contributed by atoms with Gasteiger partial charge in [-0.05, 0) is 25.2 Å². The number of nitrogens with zero attached hydrogens (tertiary/aromatic N) is 1. The number of hydrogen-bond acceptors (Lipinski definition) is 7. The SMILES string of the molecule is CC(C)CC(NC(=O)C(N)CS)C(=O)N1CCCC1C(=O)NC(CC(N)=O)C(=O)O. The van der Waals surface area contributed by atoms with Crippen molar-refractivity contribution in [3.8, 4) is 0 Å². The highest BCUT2D eigenvalue weighted by atomic mass is 32.1. The Morgan fingerprint density at radius 2 is 1.80 bits per heavy atom. The second-order valence-corrected chi connectivity index (χ2v) is 8.10. The summed E-state index contributed by atoms with van der Waals surface area (Å²) >= 11 is 3.98. The number of carbonyl (C=O) groups excluding carboxylic acids is 4. The van der Waals surface area contributed by atoms with Gasteiger partial charge in [-0.1, -0.05) is 13.8 Å². The summed E-state index contributed by atoms with van der Waals surface area (Å²) in [7, 11) is 0. The number of carboxylic acids is 1. The van der Waals surface area contributed by atoms with Crippen LogP contribution in [0.5, 0.6) is 0 Å².